The molecule has 2 aliphatic rings. The molecule has 0 aliphatic carbocycles. The average molecular weight is 439 g/mol. The lowest BCUT2D eigenvalue weighted by atomic mass is 9.85. The fraction of sp³-hybridized carbons (Fsp3) is 0.423. The normalized spacial score (nSPS) is 21.2. The quantitative estimate of drug-likeness (QED) is 0.616. The van der Waals surface area contributed by atoms with E-state index in [9.17, 15) is 9.18 Å². The number of fused-ring (bicyclic) bond motifs is 1. The van der Waals surface area contributed by atoms with Gasteiger partial charge in [0.2, 0.25) is 0 Å². The number of nitrogens with zero attached hydrogens (tertiary/aromatic N) is 2. The maximum atomic E-state index is 13.9. The molecule has 2 aliphatic heterocycles. The molecule has 2 heterocycles. The van der Waals surface area contributed by atoms with Crippen molar-refractivity contribution < 1.29 is 18.7 Å². The molecule has 0 bridgehead atoms. The minimum absolute atomic E-state index is 0.0679. The molecule has 0 radical (unpaired) electrons. The topological polar surface area (TPSA) is 42.0 Å². The molecule has 4 rings (SSSR count). The summed E-state index contributed by atoms with van der Waals surface area (Å²) >= 11 is 0. The summed E-state index contributed by atoms with van der Waals surface area (Å²) in [6, 6.07) is 9.28. The molecule has 32 heavy (non-hydrogen) atoms. The number of hydrogen-bond acceptors (Lipinski definition) is 5. The van der Waals surface area contributed by atoms with Gasteiger partial charge < -0.3 is 14.4 Å². The van der Waals surface area contributed by atoms with Gasteiger partial charge in [-0.05, 0) is 48.7 Å². The summed E-state index contributed by atoms with van der Waals surface area (Å²) in [4.78, 5) is 17.4. The first-order valence-corrected chi connectivity index (χ1v) is 11.1. The van der Waals surface area contributed by atoms with E-state index in [1.807, 2.05) is 6.07 Å². The van der Waals surface area contributed by atoms with Gasteiger partial charge in [-0.15, -0.1) is 0 Å². The van der Waals surface area contributed by atoms with Crippen LogP contribution in [0.2, 0.25) is 0 Å². The molecular weight excluding hydrogens is 407 g/mol. The summed E-state index contributed by atoms with van der Waals surface area (Å²) < 4.78 is 24.8. The molecule has 2 aromatic rings. The fourth-order valence-electron chi connectivity index (χ4n) is 4.99. The van der Waals surface area contributed by atoms with Gasteiger partial charge >= 0.3 is 0 Å². The van der Waals surface area contributed by atoms with Crippen LogP contribution < -0.4 is 14.4 Å². The number of carbonyl (C=O) groups is 1. The van der Waals surface area contributed by atoms with E-state index in [2.05, 4.69) is 36.3 Å². The lowest BCUT2D eigenvalue weighted by Crippen LogP contribution is -2.57. The predicted molar refractivity (Wildman–Crippen MR) is 124 cm³/mol. The van der Waals surface area contributed by atoms with Crippen molar-refractivity contribution in [2.75, 3.05) is 38.3 Å². The van der Waals surface area contributed by atoms with Gasteiger partial charge in [-0.3, -0.25) is 9.69 Å². The van der Waals surface area contributed by atoms with E-state index in [0.29, 0.717) is 25.2 Å². The van der Waals surface area contributed by atoms with E-state index in [0.717, 1.165) is 36.6 Å². The van der Waals surface area contributed by atoms with Crippen LogP contribution >= 0.6 is 0 Å². The molecule has 0 aromatic heterocycles. The smallest absolute Gasteiger partial charge is 0.165 e. The van der Waals surface area contributed by atoms with Crippen LogP contribution in [0.1, 0.15) is 35.6 Å². The highest BCUT2D eigenvalue weighted by Crippen LogP contribution is 2.39. The van der Waals surface area contributed by atoms with Gasteiger partial charge in [-0.2, -0.15) is 0 Å². The molecule has 0 spiro atoms. The summed E-state index contributed by atoms with van der Waals surface area (Å²) in [7, 11) is 1.47. The lowest BCUT2D eigenvalue weighted by Gasteiger charge is -2.49. The Labute approximate surface area is 189 Å². The third-order valence-electron chi connectivity index (χ3n) is 6.81. The van der Waals surface area contributed by atoms with Crippen LogP contribution in [0.25, 0.3) is 0 Å². The molecule has 170 valence electrons. The highest BCUT2D eigenvalue weighted by Gasteiger charge is 2.39. The van der Waals surface area contributed by atoms with Crippen LogP contribution in [0.3, 0.4) is 0 Å². The Morgan fingerprint density at radius 3 is 2.69 bits per heavy atom. The molecule has 2 atom stereocenters. The molecule has 0 amide bonds. The first kappa shape index (κ1) is 22.3. The second kappa shape index (κ2) is 9.33. The molecule has 6 heteroatoms. The highest BCUT2D eigenvalue weighted by atomic mass is 19.1. The average Bonchev–Trinajstić information content (AvgIpc) is 2.79. The SMILES string of the molecule is C=CCOc1ccc(C2CC(=O)CC3CN(c4ccc(F)c(OC)c4)CCN32)c(C)c1C. The third kappa shape index (κ3) is 4.24. The summed E-state index contributed by atoms with van der Waals surface area (Å²) in [5.74, 6) is 1.03. The Bertz CT molecular complexity index is 1020. The fourth-order valence-corrected chi connectivity index (χ4v) is 4.99. The zero-order valence-corrected chi connectivity index (χ0v) is 19.1. The number of piperazine rings is 1. The van der Waals surface area contributed by atoms with Crippen LogP contribution in [0, 0.1) is 19.7 Å². The Morgan fingerprint density at radius 1 is 1.12 bits per heavy atom. The first-order chi connectivity index (χ1) is 15.4. The van der Waals surface area contributed by atoms with Gasteiger partial charge in [0.15, 0.2) is 11.6 Å². The van der Waals surface area contributed by atoms with Crippen molar-refractivity contribution in [1.82, 2.24) is 4.90 Å². The summed E-state index contributed by atoms with van der Waals surface area (Å²) in [6.07, 6.45) is 2.82. The maximum absolute atomic E-state index is 13.9. The van der Waals surface area contributed by atoms with Crippen molar-refractivity contribution in [3.63, 3.8) is 0 Å². The number of Topliss-reactive ketones (excluding diaryl/α,β-unsaturated/α-hetero) is 1. The molecule has 2 unspecified atom stereocenters. The lowest BCUT2D eigenvalue weighted by molar-refractivity contribution is -0.125. The summed E-state index contributed by atoms with van der Waals surface area (Å²) in [6.45, 7) is 10.8. The second-order valence-electron chi connectivity index (χ2n) is 8.62. The number of carbonyl (C=O) groups excluding carboxylic acids is 1. The zero-order chi connectivity index (χ0) is 22.8. The summed E-state index contributed by atoms with van der Waals surface area (Å²) in [5, 5.41) is 0. The number of piperidine rings is 1. The van der Waals surface area contributed by atoms with Crippen LogP contribution in [0.5, 0.6) is 11.5 Å². The number of rotatable bonds is 6. The van der Waals surface area contributed by atoms with Crippen molar-refractivity contribution in [1.29, 1.82) is 0 Å². The Kier molecular flexibility index (Phi) is 6.51. The highest BCUT2D eigenvalue weighted by molar-refractivity contribution is 5.81. The number of ether oxygens (including phenoxy) is 2. The van der Waals surface area contributed by atoms with Crippen molar-refractivity contribution in [3.05, 3.63) is 65.5 Å². The van der Waals surface area contributed by atoms with E-state index >= 15 is 0 Å². The Hall–Kier alpha value is -2.86. The largest absolute Gasteiger partial charge is 0.494 e. The van der Waals surface area contributed by atoms with Gasteiger partial charge in [-0.1, -0.05) is 18.7 Å². The number of halogens is 1. The van der Waals surface area contributed by atoms with E-state index in [1.54, 1.807) is 18.2 Å². The monoisotopic (exact) mass is 438 g/mol. The van der Waals surface area contributed by atoms with Crippen LogP contribution in [-0.4, -0.2) is 50.1 Å². The molecule has 2 aromatic carbocycles. The molecule has 0 N–H and O–H groups in total. The van der Waals surface area contributed by atoms with Gasteiger partial charge in [-0.25, -0.2) is 4.39 Å². The van der Waals surface area contributed by atoms with E-state index < -0.39 is 0 Å². The van der Waals surface area contributed by atoms with Crippen molar-refractivity contribution in [2.24, 2.45) is 0 Å². The molecule has 2 saturated heterocycles. The van der Waals surface area contributed by atoms with E-state index in [1.165, 1.54) is 24.3 Å². The third-order valence-corrected chi connectivity index (χ3v) is 6.81. The van der Waals surface area contributed by atoms with Crippen LogP contribution in [0.4, 0.5) is 10.1 Å². The van der Waals surface area contributed by atoms with Crippen molar-refractivity contribution in [2.45, 2.75) is 38.8 Å². The predicted octanol–water partition coefficient (Wildman–Crippen LogP) is 4.61. The van der Waals surface area contributed by atoms with Gasteiger partial charge in [0.25, 0.3) is 0 Å². The van der Waals surface area contributed by atoms with Crippen molar-refractivity contribution in [3.8, 4) is 11.5 Å². The standard InChI is InChI=1S/C26H31FN2O3/c1-5-12-32-25-9-7-22(17(2)18(25)3)24-15-21(30)13-20-16-28(10-11-29(20)24)19-6-8-23(27)26(14-19)31-4/h5-9,14,20,24H,1,10-13,15-16H2,2-4H3. The number of ketones is 1. The maximum Gasteiger partial charge on any atom is 0.165 e. The molecule has 0 saturated carbocycles. The molecule has 5 nitrogen and oxygen atoms in total. The number of anilines is 1. The number of methoxy groups -OCH3 is 1. The van der Waals surface area contributed by atoms with Gasteiger partial charge in [0.05, 0.1) is 7.11 Å². The summed E-state index contributed by atoms with van der Waals surface area (Å²) in [5.41, 5.74) is 4.41. The Balaban J connectivity index is 1.57. The first-order valence-electron chi connectivity index (χ1n) is 11.1. The number of hydrogen-bond donors (Lipinski definition) is 0. The van der Waals surface area contributed by atoms with Crippen molar-refractivity contribution >= 4 is 11.5 Å². The van der Waals surface area contributed by atoms with Crippen LogP contribution in [-0.2, 0) is 4.79 Å². The van der Waals surface area contributed by atoms with Gasteiger partial charge in [0, 0.05) is 56.3 Å². The minimum Gasteiger partial charge on any atom is -0.494 e. The Morgan fingerprint density at radius 2 is 1.94 bits per heavy atom. The van der Waals surface area contributed by atoms with E-state index in [4.69, 9.17) is 9.47 Å². The van der Waals surface area contributed by atoms with E-state index in [-0.39, 0.29) is 23.7 Å². The number of benzene rings is 2. The van der Waals surface area contributed by atoms with Crippen LogP contribution in [0.15, 0.2) is 43.0 Å². The molecule has 2 fully saturated rings. The molecular formula is C26H31FN2O3. The zero-order valence-electron chi connectivity index (χ0n) is 19.1. The minimum atomic E-state index is -0.367. The second-order valence-corrected chi connectivity index (χ2v) is 8.62. The van der Waals surface area contributed by atoms with Gasteiger partial charge in [0.1, 0.15) is 18.1 Å².